The molecule has 0 aliphatic heterocycles. The largest absolute Gasteiger partial charge is 0.310 e. The molecule has 0 amide bonds. The molecule has 1 N–H and O–H groups in total. The summed E-state index contributed by atoms with van der Waals surface area (Å²) in [5, 5.41) is 7.96. The summed E-state index contributed by atoms with van der Waals surface area (Å²) in [7, 11) is 0. The summed E-state index contributed by atoms with van der Waals surface area (Å²) in [5.74, 6) is 1.83. The third kappa shape index (κ3) is 2.64. The van der Waals surface area contributed by atoms with Crippen LogP contribution in [0.3, 0.4) is 0 Å². The Bertz CT molecular complexity index is 343. The van der Waals surface area contributed by atoms with E-state index in [1.165, 1.54) is 12.0 Å². The molecule has 16 heavy (non-hydrogen) atoms. The van der Waals surface area contributed by atoms with E-state index < -0.39 is 0 Å². The Morgan fingerprint density at radius 2 is 2.19 bits per heavy atom. The smallest absolute Gasteiger partial charge is 0.0537 e. The minimum Gasteiger partial charge on any atom is -0.310 e. The SMILES string of the molecule is CC(NCC1CC1C)c1cnn(C(C)C)c1. The van der Waals surface area contributed by atoms with Crippen LogP contribution in [0, 0.1) is 11.8 Å². The van der Waals surface area contributed by atoms with Crippen molar-refractivity contribution in [3.63, 3.8) is 0 Å². The topological polar surface area (TPSA) is 29.9 Å². The van der Waals surface area contributed by atoms with Crippen LogP contribution in [0.5, 0.6) is 0 Å². The van der Waals surface area contributed by atoms with Gasteiger partial charge in [-0.05, 0) is 45.6 Å². The maximum Gasteiger partial charge on any atom is 0.0537 e. The Morgan fingerprint density at radius 3 is 2.69 bits per heavy atom. The molecule has 1 aliphatic carbocycles. The van der Waals surface area contributed by atoms with E-state index in [-0.39, 0.29) is 0 Å². The molecular formula is C13H23N3. The highest BCUT2D eigenvalue weighted by atomic mass is 15.3. The lowest BCUT2D eigenvalue weighted by atomic mass is 10.2. The summed E-state index contributed by atoms with van der Waals surface area (Å²) in [6, 6.07) is 0.865. The molecule has 1 aromatic rings. The summed E-state index contributed by atoms with van der Waals surface area (Å²) in [6.07, 6.45) is 5.53. The van der Waals surface area contributed by atoms with Gasteiger partial charge in [-0.15, -0.1) is 0 Å². The number of rotatable bonds is 5. The predicted octanol–water partition coefficient (Wildman–Crippen LogP) is 2.77. The summed E-state index contributed by atoms with van der Waals surface area (Å²) in [6.45, 7) is 10.00. The third-order valence-electron chi connectivity index (χ3n) is 3.61. The zero-order valence-electron chi connectivity index (χ0n) is 10.8. The fourth-order valence-electron chi connectivity index (χ4n) is 1.99. The van der Waals surface area contributed by atoms with E-state index in [4.69, 9.17) is 0 Å². The molecule has 1 fully saturated rings. The van der Waals surface area contributed by atoms with Crippen LogP contribution >= 0.6 is 0 Å². The van der Waals surface area contributed by atoms with Crippen LogP contribution in [0.1, 0.15) is 51.8 Å². The van der Waals surface area contributed by atoms with Gasteiger partial charge >= 0.3 is 0 Å². The lowest BCUT2D eigenvalue weighted by Gasteiger charge is -2.11. The van der Waals surface area contributed by atoms with Crippen molar-refractivity contribution in [1.29, 1.82) is 0 Å². The molecule has 1 heterocycles. The van der Waals surface area contributed by atoms with Gasteiger partial charge in [-0.25, -0.2) is 0 Å². The van der Waals surface area contributed by atoms with Gasteiger partial charge in [0.1, 0.15) is 0 Å². The highest BCUT2D eigenvalue weighted by Gasteiger charge is 2.32. The molecule has 3 unspecified atom stereocenters. The van der Waals surface area contributed by atoms with E-state index >= 15 is 0 Å². The van der Waals surface area contributed by atoms with Crippen molar-refractivity contribution in [3.8, 4) is 0 Å². The molecule has 0 saturated heterocycles. The van der Waals surface area contributed by atoms with Gasteiger partial charge in [-0.3, -0.25) is 4.68 Å². The van der Waals surface area contributed by atoms with Crippen molar-refractivity contribution in [3.05, 3.63) is 18.0 Å². The van der Waals surface area contributed by atoms with E-state index in [1.54, 1.807) is 0 Å². The second kappa shape index (κ2) is 4.58. The molecule has 3 atom stereocenters. The maximum atomic E-state index is 4.37. The van der Waals surface area contributed by atoms with Gasteiger partial charge < -0.3 is 5.32 Å². The van der Waals surface area contributed by atoms with E-state index in [0.717, 1.165) is 18.4 Å². The highest BCUT2D eigenvalue weighted by molar-refractivity contribution is 5.09. The Balaban J connectivity index is 1.85. The quantitative estimate of drug-likeness (QED) is 0.828. The third-order valence-corrected chi connectivity index (χ3v) is 3.61. The molecule has 3 heteroatoms. The van der Waals surface area contributed by atoms with Gasteiger partial charge in [0.15, 0.2) is 0 Å². The van der Waals surface area contributed by atoms with Crippen molar-refractivity contribution in [2.24, 2.45) is 11.8 Å². The number of nitrogens with zero attached hydrogens (tertiary/aromatic N) is 2. The molecule has 1 saturated carbocycles. The molecule has 0 bridgehead atoms. The van der Waals surface area contributed by atoms with Crippen molar-refractivity contribution >= 4 is 0 Å². The standard InChI is InChI=1S/C13H23N3/c1-9(2)16-8-13(7-15-16)11(4)14-6-12-5-10(12)3/h7-12,14H,5-6H2,1-4H3. The number of hydrogen-bond donors (Lipinski definition) is 1. The first-order valence-corrected chi connectivity index (χ1v) is 6.35. The van der Waals surface area contributed by atoms with Gasteiger partial charge in [0.05, 0.1) is 6.20 Å². The Labute approximate surface area is 98.2 Å². The van der Waals surface area contributed by atoms with Crippen molar-refractivity contribution in [2.45, 2.75) is 46.2 Å². The van der Waals surface area contributed by atoms with E-state index in [0.29, 0.717) is 12.1 Å². The zero-order chi connectivity index (χ0) is 11.7. The average Bonchev–Trinajstić information content (AvgIpc) is 2.78. The first-order valence-electron chi connectivity index (χ1n) is 6.35. The first kappa shape index (κ1) is 11.6. The number of aromatic nitrogens is 2. The monoisotopic (exact) mass is 221 g/mol. The van der Waals surface area contributed by atoms with Gasteiger partial charge in [0.25, 0.3) is 0 Å². The fraction of sp³-hybridized carbons (Fsp3) is 0.769. The molecule has 90 valence electrons. The zero-order valence-corrected chi connectivity index (χ0v) is 10.8. The van der Waals surface area contributed by atoms with Crippen LogP contribution in [0.25, 0.3) is 0 Å². The number of hydrogen-bond acceptors (Lipinski definition) is 2. The normalized spacial score (nSPS) is 26.1. The Hall–Kier alpha value is -0.830. The maximum absolute atomic E-state index is 4.37. The molecule has 2 rings (SSSR count). The average molecular weight is 221 g/mol. The second-order valence-corrected chi connectivity index (χ2v) is 5.45. The first-order chi connectivity index (χ1) is 7.58. The molecule has 1 aromatic heterocycles. The molecule has 0 spiro atoms. The molecule has 0 aromatic carbocycles. The van der Waals surface area contributed by atoms with Crippen molar-refractivity contribution in [2.75, 3.05) is 6.54 Å². The number of nitrogens with one attached hydrogen (secondary N) is 1. The van der Waals surface area contributed by atoms with Gasteiger partial charge in [-0.1, -0.05) is 6.92 Å². The molecule has 3 nitrogen and oxygen atoms in total. The van der Waals surface area contributed by atoms with Crippen LogP contribution in [-0.2, 0) is 0 Å². The van der Waals surface area contributed by atoms with E-state index in [1.807, 2.05) is 10.9 Å². The van der Waals surface area contributed by atoms with Crippen LogP contribution in [-0.4, -0.2) is 16.3 Å². The Kier molecular flexibility index (Phi) is 3.33. The van der Waals surface area contributed by atoms with Gasteiger partial charge in [0.2, 0.25) is 0 Å². The summed E-state index contributed by atoms with van der Waals surface area (Å²) in [5.41, 5.74) is 1.29. The fourth-order valence-corrected chi connectivity index (χ4v) is 1.99. The van der Waals surface area contributed by atoms with Crippen LogP contribution in [0.2, 0.25) is 0 Å². The summed E-state index contributed by atoms with van der Waals surface area (Å²) >= 11 is 0. The lowest BCUT2D eigenvalue weighted by Crippen LogP contribution is -2.21. The van der Waals surface area contributed by atoms with E-state index in [9.17, 15) is 0 Å². The lowest BCUT2D eigenvalue weighted by molar-refractivity contribution is 0.522. The summed E-state index contributed by atoms with van der Waals surface area (Å²) < 4.78 is 2.02. The molecular weight excluding hydrogens is 198 g/mol. The van der Waals surface area contributed by atoms with Crippen LogP contribution in [0.15, 0.2) is 12.4 Å². The minimum atomic E-state index is 0.417. The van der Waals surface area contributed by atoms with Gasteiger partial charge in [0, 0.05) is 23.8 Å². The predicted molar refractivity (Wildman–Crippen MR) is 66.3 cm³/mol. The minimum absolute atomic E-state index is 0.417. The Morgan fingerprint density at radius 1 is 1.50 bits per heavy atom. The molecule has 0 radical (unpaired) electrons. The van der Waals surface area contributed by atoms with Crippen LogP contribution in [0.4, 0.5) is 0 Å². The second-order valence-electron chi connectivity index (χ2n) is 5.45. The van der Waals surface area contributed by atoms with Crippen molar-refractivity contribution in [1.82, 2.24) is 15.1 Å². The van der Waals surface area contributed by atoms with Crippen molar-refractivity contribution < 1.29 is 0 Å². The van der Waals surface area contributed by atoms with Crippen LogP contribution < -0.4 is 5.32 Å². The highest BCUT2D eigenvalue weighted by Crippen LogP contribution is 2.37. The summed E-state index contributed by atoms with van der Waals surface area (Å²) in [4.78, 5) is 0. The van der Waals surface area contributed by atoms with E-state index in [2.05, 4.69) is 44.3 Å². The van der Waals surface area contributed by atoms with Gasteiger partial charge in [-0.2, -0.15) is 5.10 Å². The molecule has 1 aliphatic rings.